The molecule has 0 unspecified atom stereocenters. The minimum atomic E-state index is -0.218. The predicted molar refractivity (Wildman–Crippen MR) is 76.6 cm³/mol. The number of benzene rings is 1. The molecule has 20 heavy (non-hydrogen) atoms. The molecule has 5 heteroatoms. The molecule has 0 radical (unpaired) electrons. The Balaban J connectivity index is 2.19. The summed E-state index contributed by atoms with van der Waals surface area (Å²) in [4.78, 5) is 18.5. The first-order chi connectivity index (χ1) is 9.58. The summed E-state index contributed by atoms with van der Waals surface area (Å²) in [6, 6.07) is 8.53. The molecule has 1 heterocycles. The standard InChI is InChI=1S/C15H18N2O3/c1-4-19-11-5-7-12(8-6-11)20-14-9-13(18)16-15(17-14)10(2)3/h5-10H,4H2,1-3H3,(H,16,17,18). The van der Waals surface area contributed by atoms with Gasteiger partial charge < -0.3 is 14.5 Å². The van der Waals surface area contributed by atoms with E-state index in [0.29, 0.717) is 24.1 Å². The van der Waals surface area contributed by atoms with Gasteiger partial charge in [0.05, 0.1) is 12.7 Å². The van der Waals surface area contributed by atoms with Crippen LogP contribution >= 0.6 is 0 Å². The van der Waals surface area contributed by atoms with Crippen molar-refractivity contribution in [2.45, 2.75) is 26.7 Å². The van der Waals surface area contributed by atoms with Crippen LogP contribution in [0.2, 0.25) is 0 Å². The zero-order chi connectivity index (χ0) is 14.5. The van der Waals surface area contributed by atoms with Gasteiger partial charge in [0, 0.05) is 5.92 Å². The smallest absolute Gasteiger partial charge is 0.254 e. The first kappa shape index (κ1) is 14.1. The van der Waals surface area contributed by atoms with Crippen LogP contribution in [-0.2, 0) is 0 Å². The summed E-state index contributed by atoms with van der Waals surface area (Å²) in [7, 11) is 0. The van der Waals surface area contributed by atoms with Gasteiger partial charge in [-0.1, -0.05) is 13.8 Å². The molecule has 0 saturated heterocycles. The van der Waals surface area contributed by atoms with Gasteiger partial charge in [-0.2, -0.15) is 4.98 Å². The predicted octanol–water partition coefficient (Wildman–Crippen LogP) is 3.08. The molecule has 2 rings (SSSR count). The molecule has 0 atom stereocenters. The minimum absolute atomic E-state index is 0.131. The maximum atomic E-state index is 11.5. The first-order valence-corrected chi connectivity index (χ1v) is 6.60. The van der Waals surface area contributed by atoms with Crippen molar-refractivity contribution in [3.8, 4) is 17.4 Å². The Bertz CT molecular complexity index is 618. The second kappa shape index (κ2) is 6.23. The Morgan fingerprint density at radius 1 is 1.20 bits per heavy atom. The molecule has 0 fully saturated rings. The summed E-state index contributed by atoms with van der Waals surface area (Å²) < 4.78 is 11.0. The first-order valence-electron chi connectivity index (χ1n) is 6.60. The lowest BCUT2D eigenvalue weighted by molar-refractivity contribution is 0.339. The van der Waals surface area contributed by atoms with E-state index in [2.05, 4.69) is 9.97 Å². The Kier molecular flexibility index (Phi) is 4.40. The van der Waals surface area contributed by atoms with E-state index in [1.807, 2.05) is 32.9 Å². The van der Waals surface area contributed by atoms with Crippen LogP contribution in [-0.4, -0.2) is 16.6 Å². The maximum absolute atomic E-state index is 11.5. The van der Waals surface area contributed by atoms with Gasteiger partial charge in [-0.3, -0.25) is 4.79 Å². The molecule has 0 aliphatic carbocycles. The van der Waals surface area contributed by atoms with Crippen molar-refractivity contribution in [2.24, 2.45) is 0 Å². The molecule has 0 aliphatic heterocycles. The van der Waals surface area contributed by atoms with E-state index in [4.69, 9.17) is 9.47 Å². The summed E-state index contributed by atoms with van der Waals surface area (Å²) in [5.74, 6) is 2.43. The Morgan fingerprint density at radius 2 is 1.85 bits per heavy atom. The summed E-state index contributed by atoms with van der Waals surface area (Å²) in [5.41, 5.74) is -0.218. The van der Waals surface area contributed by atoms with Crippen LogP contribution in [0.25, 0.3) is 0 Å². The molecule has 0 spiro atoms. The molecule has 0 amide bonds. The lowest BCUT2D eigenvalue weighted by Gasteiger charge is -2.09. The number of aromatic amines is 1. The lowest BCUT2D eigenvalue weighted by atomic mass is 10.2. The van der Waals surface area contributed by atoms with Gasteiger partial charge >= 0.3 is 0 Å². The molecule has 1 aromatic heterocycles. The van der Waals surface area contributed by atoms with Gasteiger partial charge in [-0.25, -0.2) is 0 Å². The highest BCUT2D eigenvalue weighted by atomic mass is 16.5. The van der Waals surface area contributed by atoms with Gasteiger partial charge in [0.15, 0.2) is 0 Å². The zero-order valence-corrected chi connectivity index (χ0v) is 11.8. The second-order valence-electron chi connectivity index (χ2n) is 4.63. The van der Waals surface area contributed by atoms with E-state index in [9.17, 15) is 4.79 Å². The Hall–Kier alpha value is -2.30. The van der Waals surface area contributed by atoms with E-state index in [1.54, 1.807) is 12.1 Å². The molecule has 5 nitrogen and oxygen atoms in total. The van der Waals surface area contributed by atoms with E-state index < -0.39 is 0 Å². The Labute approximate surface area is 117 Å². The summed E-state index contributed by atoms with van der Waals surface area (Å²) in [6.45, 7) is 6.46. The van der Waals surface area contributed by atoms with E-state index in [0.717, 1.165) is 5.75 Å². The number of H-pyrrole nitrogens is 1. The number of aromatic nitrogens is 2. The van der Waals surface area contributed by atoms with Crippen molar-refractivity contribution in [2.75, 3.05) is 6.61 Å². The fourth-order valence-electron chi connectivity index (χ4n) is 1.67. The highest BCUT2D eigenvalue weighted by Crippen LogP contribution is 2.22. The molecule has 0 saturated carbocycles. The highest BCUT2D eigenvalue weighted by Gasteiger charge is 2.07. The number of nitrogens with zero attached hydrogens (tertiary/aromatic N) is 1. The van der Waals surface area contributed by atoms with Crippen molar-refractivity contribution in [3.63, 3.8) is 0 Å². The van der Waals surface area contributed by atoms with Gasteiger partial charge in [0.1, 0.15) is 17.3 Å². The van der Waals surface area contributed by atoms with Gasteiger partial charge in [0.25, 0.3) is 5.56 Å². The van der Waals surface area contributed by atoms with Gasteiger partial charge in [-0.15, -0.1) is 0 Å². The van der Waals surface area contributed by atoms with Crippen LogP contribution in [0, 0.1) is 0 Å². The van der Waals surface area contributed by atoms with Crippen molar-refractivity contribution in [1.82, 2.24) is 9.97 Å². The average molecular weight is 274 g/mol. The highest BCUT2D eigenvalue weighted by molar-refractivity contribution is 5.33. The van der Waals surface area contributed by atoms with Crippen LogP contribution in [0.4, 0.5) is 0 Å². The van der Waals surface area contributed by atoms with Crippen LogP contribution in [0.3, 0.4) is 0 Å². The molecule has 1 N–H and O–H groups in total. The van der Waals surface area contributed by atoms with Crippen molar-refractivity contribution in [1.29, 1.82) is 0 Å². The lowest BCUT2D eigenvalue weighted by Crippen LogP contribution is -2.11. The molecular formula is C15H18N2O3. The van der Waals surface area contributed by atoms with Gasteiger partial charge in [-0.05, 0) is 31.2 Å². The Morgan fingerprint density at radius 3 is 2.45 bits per heavy atom. The molecule has 1 aromatic carbocycles. The quantitative estimate of drug-likeness (QED) is 0.910. The topological polar surface area (TPSA) is 64.2 Å². The summed E-state index contributed by atoms with van der Waals surface area (Å²) >= 11 is 0. The molecular weight excluding hydrogens is 256 g/mol. The van der Waals surface area contributed by atoms with E-state index in [-0.39, 0.29) is 11.5 Å². The van der Waals surface area contributed by atoms with Crippen LogP contribution in [0.5, 0.6) is 17.4 Å². The minimum Gasteiger partial charge on any atom is -0.494 e. The second-order valence-corrected chi connectivity index (χ2v) is 4.63. The molecule has 106 valence electrons. The monoisotopic (exact) mass is 274 g/mol. The third-order valence-electron chi connectivity index (χ3n) is 2.64. The van der Waals surface area contributed by atoms with E-state index >= 15 is 0 Å². The number of rotatable bonds is 5. The fourth-order valence-corrected chi connectivity index (χ4v) is 1.67. The number of nitrogens with one attached hydrogen (secondary N) is 1. The zero-order valence-electron chi connectivity index (χ0n) is 11.8. The molecule has 2 aromatic rings. The van der Waals surface area contributed by atoms with Gasteiger partial charge in [0.2, 0.25) is 5.88 Å². The summed E-state index contributed by atoms with van der Waals surface area (Å²) in [6.07, 6.45) is 0. The van der Waals surface area contributed by atoms with Crippen molar-refractivity contribution >= 4 is 0 Å². The molecule has 0 bridgehead atoms. The maximum Gasteiger partial charge on any atom is 0.254 e. The average Bonchev–Trinajstić information content (AvgIpc) is 2.40. The molecule has 0 aliphatic rings. The van der Waals surface area contributed by atoms with Crippen LogP contribution < -0.4 is 15.0 Å². The third kappa shape index (κ3) is 3.60. The third-order valence-corrected chi connectivity index (χ3v) is 2.64. The van der Waals surface area contributed by atoms with Crippen LogP contribution in [0.1, 0.15) is 32.5 Å². The number of hydrogen-bond donors (Lipinski definition) is 1. The van der Waals surface area contributed by atoms with Crippen molar-refractivity contribution in [3.05, 3.63) is 46.5 Å². The number of ether oxygens (including phenoxy) is 2. The van der Waals surface area contributed by atoms with Crippen LogP contribution in [0.15, 0.2) is 35.1 Å². The summed E-state index contributed by atoms with van der Waals surface area (Å²) in [5, 5.41) is 0. The normalized spacial score (nSPS) is 10.6. The SMILES string of the molecule is CCOc1ccc(Oc2cc(=O)[nH]c(C(C)C)n2)cc1. The largest absolute Gasteiger partial charge is 0.494 e. The fraction of sp³-hybridized carbons (Fsp3) is 0.333. The van der Waals surface area contributed by atoms with Crippen molar-refractivity contribution < 1.29 is 9.47 Å². The van der Waals surface area contributed by atoms with E-state index in [1.165, 1.54) is 6.07 Å². The number of hydrogen-bond acceptors (Lipinski definition) is 4.